The number of benzene rings is 1. The standard InChI is InChI=1S/C28H32F3N3O7/c1-11-5-4-6-34(11)10-13-9-16(35)18-14(20(13)28(29,30)31)7-12-8-15-21(33(2)3)23(37)19(26(32)40)25(39)27(15,41)24(38)17(12)22(18)36/h9,11-12,15,17,19,21,35,41H,4-8,10H2,1-3H3,(H2,32,40)/t11-,12-,15-,17?,19?,21-,27-/m0/s1. The lowest BCUT2D eigenvalue weighted by molar-refractivity contribution is -0.181. The smallest absolute Gasteiger partial charge is 0.417 e. The molecule has 1 heterocycles. The molecule has 3 aliphatic carbocycles. The third kappa shape index (κ3) is 4.23. The molecule has 2 saturated carbocycles. The third-order valence-electron chi connectivity index (χ3n) is 9.49. The number of alkyl halides is 3. The largest absolute Gasteiger partial charge is 0.507 e. The highest BCUT2D eigenvalue weighted by molar-refractivity contribution is 6.32. The number of Topliss-reactive ketones (excluding diaryl/α,β-unsaturated/α-hetero) is 4. The van der Waals surface area contributed by atoms with Crippen molar-refractivity contribution >= 4 is 29.0 Å². The molecule has 4 N–H and O–H groups in total. The number of carbonyl (C=O) groups is 5. The molecule has 1 saturated heterocycles. The van der Waals surface area contributed by atoms with Crippen molar-refractivity contribution in [3.8, 4) is 5.75 Å². The zero-order chi connectivity index (χ0) is 30.3. The highest BCUT2D eigenvalue weighted by atomic mass is 19.4. The zero-order valence-corrected chi connectivity index (χ0v) is 22.8. The first-order chi connectivity index (χ1) is 19.0. The van der Waals surface area contributed by atoms with Gasteiger partial charge in [0.2, 0.25) is 5.91 Å². The van der Waals surface area contributed by atoms with Crippen LogP contribution < -0.4 is 5.73 Å². The van der Waals surface area contributed by atoms with Crippen LogP contribution in [0.2, 0.25) is 0 Å². The van der Waals surface area contributed by atoms with Gasteiger partial charge in [-0.3, -0.25) is 33.8 Å². The van der Waals surface area contributed by atoms with Crippen molar-refractivity contribution in [3.63, 3.8) is 0 Å². The SMILES string of the molecule is C[C@H]1CCCN1Cc1cc(O)c2c(c1C(F)(F)F)C[C@H]1C[C@H]3[C@H](N(C)C)C(=O)C(C(N)=O)C(=O)[C@@]3(O)C(=O)C1C2=O. The van der Waals surface area contributed by atoms with Crippen LogP contribution in [0.4, 0.5) is 13.2 Å². The van der Waals surface area contributed by atoms with Crippen molar-refractivity contribution in [2.24, 2.45) is 29.4 Å². The summed E-state index contributed by atoms with van der Waals surface area (Å²) in [5, 5.41) is 22.5. The fraction of sp³-hybridized carbons (Fsp3) is 0.607. The van der Waals surface area contributed by atoms with E-state index >= 15 is 0 Å². The van der Waals surface area contributed by atoms with Crippen molar-refractivity contribution in [1.29, 1.82) is 0 Å². The van der Waals surface area contributed by atoms with Crippen LogP contribution in [0.3, 0.4) is 0 Å². The van der Waals surface area contributed by atoms with Gasteiger partial charge in [0.1, 0.15) is 5.75 Å². The summed E-state index contributed by atoms with van der Waals surface area (Å²) in [6, 6.07) is -0.400. The Morgan fingerprint density at radius 3 is 2.39 bits per heavy atom. The molecule has 0 radical (unpaired) electrons. The minimum absolute atomic E-state index is 0.0301. The van der Waals surface area contributed by atoms with Crippen LogP contribution in [-0.4, -0.2) is 87.4 Å². The minimum atomic E-state index is -4.89. The van der Waals surface area contributed by atoms with E-state index in [2.05, 4.69) is 0 Å². The molecule has 1 aromatic carbocycles. The van der Waals surface area contributed by atoms with Gasteiger partial charge in [0.25, 0.3) is 0 Å². The maximum Gasteiger partial charge on any atom is 0.417 e. The van der Waals surface area contributed by atoms with Crippen LogP contribution in [-0.2, 0) is 38.3 Å². The summed E-state index contributed by atoms with van der Waals surface area (Å²) < 4.78 is 43.9. The number of nitrogens with two attached hydrogens (primary N) is 1. The summed E-state index contributed by atoms with van der Waals surface area (Å²) in [4.78, 5) is 69.3. The Balaban J connectivity index is 1.65. The van der Waals surface area contributed by atoms with Crippen molar-refractivity contribution in [3.05, 3.63) is 28.3 Å². The molecule has 2 unspecified atom stereocenters. The number of nitrogens with zero attached hydrogens (tertiary/aromatic N) is 2. The lowest BCUT2D eigenvalue weighted by Crippen LogP contribution is -2.74. The van der Waals surface area contributed by atoms with Gasteiger partial charge < -0.3 is 15.9 Å². The van der Waals surface area contributed by atoms with E-state index in [0.717, 1.165) is 18.9 Å². The average Bonchev–Trinajstić information content (AvgIpc) is 3.24. The molecule has 222 valence electrons. The molecule has 7 atom stereocenters. The van der Waals surface area contributed by atoms with Crippen molar-refractivity contribution in [1.82, 2.24) is 9.80 Å². The monoisotopic (exact) mass is 579 g/mol. The molecule has 1 amide bonds. The van der Waals surface area contributed by atoms with Gasteiger partial charge >= 0.3 is 6.18 Å². The summed E-state index contributed by atoms with van der Waals surface area (Å²) in [7, 11) is 2.86. The lowest BCUT2D eigenvalue weighted by atomic mass is 9.52. The highest BCUT2D eigenvalue weighted by Gasteiger charge is 2.69. The van der Waals surface area contributed by atoms with Gasteiger partial charge in [0, 0.05) is 18.5 Å². The van der Waals surface area contributed by atoms with E-state index in [9.17, 15) is 47.4 Å². The van der Waals surface area contributed by atoms with Gasteiger partial charge in [0.15, 0.2) is 34.7 Å². The fourth-order valence-corrected chi connectivity index (χ4v) is 7.67. The quantitative estimate of drug-likeness (QED) is 0.440. The number of aliphatic hydroxyl groups is 1. The van der Waals surface area contributed by atoms with Crippen LogP contribution in [0.5, 0.6) is 5.75 Å². The Kier molecular flexibility index (Phi) is 6.94. The molecule has 41 heavy (non-hydrogen) atoms. The maximum atomic E-state index is 14.6. The Labute approximate surface area is 233 Å². The van der Waals surface area contributed by atoms with E-state index in [1.807, 2.05) is 11.8 Å². The number of likely N-dealkylation sites (N-methyl/N-ethyl adjacent to an activating group) is 1. The van der Waals surface area contributed by atoms with Crippen LogP contribution in [0.15, 0.2) is 6.07 Å². The summed E-state index contributed by atoms with van der Waals surface area (Å²) in [5.74, 6) is -13.3. The van der Waals surface area contributed by atoms with Gasteiger partial charge in [-0.2, -0.15) is 13.2 Å². The molecule has 0 bridgehead atoms. The Hall–Kier alpha value is -3.16. The Morgan fingerprint density at radius 1 is 1.20 bits per heavy atom. The topological polar surface area (TPSA) is 158 Å². The summed E-state index contributed by atoms with van der Waals surface area (Å²) in [5.41, 5.74) is 0.0130. The number of fused-ring (bicyclic) bond motifs is 3. The second-order valence-electron chi connectivity index (χ2n) is 12.0. The number of phenols is 1. The number of hydrogen-bond donors (Lipinski definition) is 3. The first-order valence-electron chi connectivity index (χ1n) is 13.5. The molecular formula is C28H32F3N3O7. The number of likely N-dealkylation sites (tertiary alicyclic amines) is 1. The number of halogens is 3. The fourth-order valence-electron chi connectivity index (χ4n) is 7.67. The van der Waals surface area contributed by atoms with Crippen LogP contribution >= 0.6 is 0 Å². The van der Waals surface area contributed by atoms with Crippen LogP contribution in [0, 0.1) is 23.7 Å². The maximum absolute atomic E-state index is 14.6. The first kappa shape index (κ1) is 29.3. The molecule has 5 rings (SSSR count). The molecule has 3 fully saturated rings. The molecule has 0 aromatic heterocycles. The Morgan fingerprint density at radius 2 is 1.85 bits per heavy atom. The molecule has 1 aliphatic heterocycles. The lowest BCUT2D eigenvalue weighted by Gasteiger charge is -2.52. The summed E-state index contributed by atoms with van der Waals surface area (Å²) in [6.07, 6.45) is -4.03. The van der Waals surface area contributed by atoms with Crippen LogP contribution in [0.1, 0.15) is 53.2 Å². The average molecular weight is 580 g/mol. The number of hydrogen-bond acceptors (Lipinski definition) is 9. The van der Waals surface area contributed by atoms with E-state index in [-0.39, 0.29) is 24.6 Å². The summed E-state index contributed by atoms with van der Waals surface area (Å²) in [6.45, 7) is 2.38. The van der Waals surface area contributed by atoms with Crippen molar-refractivity contribution in [2.75, 3.05) is 20.6 Å². The van der Waals surface area contributed by atoms with E-state index in [0.29, 0.717) is 6.54 Å². The van der Waals surface area contributed by atoms with E-state index in [1.165, 1.54) is 19.0 Å². The predicted molar refractivity (Wildman–Crippen MR) is 135 cm³/mol. The normalized spacial score (nSPS) is 34.0. The molecule has 10 nitrogen and oxygen atoms in total. The predicted octanol–water partition coefficient (Wildman–Crippen LogP) is 0.870. The number of rotatable bonds is 4. The highest BCUT2D eigenvalue weighted by Crippen LogP contribution is 2.52. The number of phenolic OH excluding ortho intramolecular Hbond substituents is 1. The van der Waals surface area contributed by atoms with Gasteiger partial charge in [-0.05, 0) is 76.4 Å². The first-order valence-corrected chi connectivity index (χ1v) is 13.5. The third-order valence-corrected chi connectivity index (χ3v) is 9.49. The number of amides is 1. The number of carbonyl (C=O) groups excluding carboxylic acids is 5. The summed E-state index contributed by atoms with van der Waals surface area (Å²) >= 11 is 0. The second kappa shape index (κ2) is 9.70. The zero-order valence-electron chi connectivity index (χ0n) is 22.8. The van der Waals surface area contributed by atoms with Crippen molar-refractivity contribution in [2.45, 2.75) is 63.0 Å². The van der Waals surface area contributed by atoms with Gasteiger partial charge in [0.05, 0.1) is 23.1 Å². The molecule has 1 aromatic rings. The van der Waals surface area contributed by atoms with Gasteiger partial charge in [-0.15, -0.1) is 0 Å². The number of primary amides is 1. The number of aromatic hydroxyl groups is 1. The van der Waals surface area contributed by atoms with Crippen molar-refractivity contribution < 1.29 is 47.4 Å². The van der Waals surface area contributed by atoms with E-state index in [1.54, 1.807) is 0 Å². The molecular weight excluding hydrogens is 547 g/mol. The van der Waals surface area contributed by atoms with E-state index < -0.39 is 99.4 Å². The van der Waals surface area contributed by atoms with E-state index in [4.69, 9.17) is 5.73 Å². The molecule has 4 aliphatic rings. The Bertz CT molecular complexity index is 1380. The number of ketones is 4. The molecule has 13 heteroatoms. The van der Waals surface area contributed by atoms with Gasteiger partial charge in [-0.1, -0.05) is 0 Å². The minimum Gasteiger partial charge on any atom is -0.507 e. The second-order valence-corrected chi connectivity index (χ2v) is 12.0. The van der Waals surface area contributed by atoms with Crippen LogP contribution in [0.25, 0.3) is 0 Å². The molecule has 0 spiro atoms. The van der Waals surface area contributed by atoms with Gasteiger partial charge in [-0.25, -0.2) is 0 Å².